The van der Waals surface area contributed by atoms with Gasteiger partial charge in [0.1, 0.15) is 6.04 Å². The van der Waals surface area contributed by atoms with E-state index in [9.17, 15) is 9.59 Å². The zero-order chi connectivity index (χ0) is 20.0. The van der Waals surface area contributed by atoms with Crippen molar-refractivity contribution in [3.63, 3.8) is 0 Å². The highest BCUT2D eigenvalue weighted by Gasteiger charge is 2.26. The lowest BCUT2D eigenvalue weighted by atomic mass is 10.1. The summed E-state index contributed by atoms with van der Waals surface area (Å²) >= 11 is 12.5. The van der Waals surface area contributed by atoms with Crippen LogP contribution >= 0.6 is 23.2 Å². The van der Waals surface area contributed by atoms with Crippen molar-refractivity contribution in [3.8, 4) is 0 Å². The summed E-state index contributed by atoms with van der Waals surface area (Å²) in [4.78, 5) is 26.6. The molecular formula is C21H24Cl2N2O2. The summed E-state index contributed by atoms with van der Waals surface area (Å²) in [5.41, 5.74) is 2.89. The van der Waals surface area contributed by atoms with Crippen LogP contribution in [0.25, 0.3) is 0 Å². The fourth-order valence-electron chi connectivity index (χ4n) is 2.79. The summed E-state index contributed by atoms with van der Waals surface area (Å²) in [6, 6.07) is 12.6. The highest BCUT2D eigenvalue weighted by molar-refractivity contribution is 6.36. The van der Waals surface area contributed by atoms with Gasteiger partial charge in [0.25, 0.3) is 0 Å². The largest absolute Gasteiger partial charge is 0.357 e. The lowest BCUT2D eigenvalue weighted by Gasteiger charge is -2.29. The minimum atomic E-state index is -0.632. The van der Waals surface area contributed by atoms with Crippen molar-refractivity contribution in [1.82, 2.24) is 10.2 Å². The molecule has 0 saturated heterocycles. The first-order valence-electron chi connectivity index (χ1n) is 8.83. The Labute approximate surface area is 170 Å². The summed E-state index contributed by atoms with van der Waals surface area (Å²) in [5.74, 6) is -0.357. The fourth-order valence-corrected chi connectivity index (χ4v) is 3.31. The van der Waals surface area contributed by atoms with Gasteiger partial charge in [0.15, 0.2) is 0 Å². The topological polar surface area (TPSA) is 49.4 Å². The number of carbonyl (C=O) groups excluding carboxylic acids is 2. The molecule has 0 aliphatic heterocycles. The standard InChI is InChI=1S/C21H24Cl2N2O2/c1-14-7-9-16(10-8-14)11-12-20(26)25(15(2)21(27)24-3)13-17-18(22)5-4-6-19(17)23/h4-10,15H,11-13H2,1-3H3,(H,24,27)/t15-/m0/s1. The van der Waals surface area contributed by atoms with Crippen molar-refractivity contribution in [2.75, 3.05) is 7.05 Å². The van der Waals surface area contributed by atoms with Crippen molar-refractivity contribution in [2.24, 2.45) is 0 Å². The zero-order valence-electron chi connectivity index (χ0n) is 15.8. The summed E-state index contributed by atoms with van der Waals surface area (Å²) in [6.07, 6.45) is 0.902. The first kappa shape index (κ1) is 21.3. The lowest BCUT2D eigenvalue weighted by molar-refractivity contribution is -0.140. The minimum absolute atomic E-state index is 0.123. The second-order valence-corrected chi connectivity index (χ2v) is 7.31. The Morgan fingerprint density at radius 3 is 2.22 bits per heavy atom. The molecule has 2 rings (SSSR count). The number of amides is 2. The number of nitrogens with zero attached hydrogens (tertiary/aromatic N) is 1. The molecule has 0 aliphatic rings. The molecule has 6 heteroatoms. The number of rotatable bonds is 7. The SMILES string of the molecule is CNC(=O)[C@H](C)N(Cc1c(Cl)cccc1Cl)C(=O)CCc1ccc(C)cc1. The molecule has 0 radical (unpaired) electrons. The van der Waals surface area contributed by atoms with Gasteiger partial charge in [0.2, 0.25) is 11.8 Å². The number of aryl methyl sites for hydroxylation is 2. The van der Waals surface area contributed by atoms with E-state index >= 15 is 0 Å². The van der Waals surface area contributed by atoms with Crippen molar-refractivity contribution in [3.05, 3.63) is 69.2 Å². The minimum Gasteiger partial charge on any atom is -0.357 e. The van der Waals surface area contributed by atoms with Gasteiger partial charge in [-0.15, -0.1) is 0 Å². The number of likely N-dealkylation sites (N-methyl/N-ethyl adjacent to an activating group) is 1. The quantitative estimate of drug-likeness (QED) is 0.740. The van der Waals surface area contributed by atoms with Gasteiger partial charge in [0, 0.05) is 35.6 Å². The molecule has 0 aromatic heterocycles. The van der Waals surface area contributed by atoms with E-state index < -0.39 is 6.04 Å². The van der Waals surface area contributed by atoms with E-state index in [1.165, 1.54) is 10.5 Å². The summed E-state index contributed by atoms with van der Waals surface area (Å²) in [6.45, 7) is 3.90. The third kappa shape index (κ3) is 5.72. The summed E-state index contributed by atoms with van der Waals surface area (Å²) in [7, 11) is 1.55. The molecule has 27 heavy (non-hydrogen) atoms. The predicted octanol–water partition coefficient (Wildman–Crippen LogP) is 4.40. The van der Waals surface area contributed by atoms with Crippen LogP contribution in [0.3, 0.4) is 0 Å². The van der Waals surface area contributed by atoms with Crippen LogP contribution in [0.2, 0.25) is 10.0 Å². The molecule has 1 N–H and O–H groups in total. The maximum atomic E-state index is 12.9. The maximum Gasteiger partial charge on any atom is 0.242 e. The Balaban J connectivity index is 2.19. The zero-order valence-corrected chi connectivity index (χ0v) is 17.3. The van der Waals surface area contributed by atoms with Crippen LogP contribution < -0.4 is 5.32 Å². The third-order valence-corrected chi connectivity index (χ3v) is 5.26. The fraction of sp³-hybridized carbons (Fsp3) is 0.333. The van der Waals surface area contributed by atoms with Crippen LogP contribution in [0.15, 0.2) is 42.5 Å². The number of hydrogen-bond acceptors (Lipinski definition) is 2. The Kier molecular flexibility index (Phi) is 7.69. The molecule has 1 atom stereocenters. The van der Waals surface area contributed by atoms with Crippen LogP contribution in [0, 0.1) is 6.92 Å². The Bertz CT molecular complexity index is 786. The van der Waals surface area contributed by atoms with Gasteiger partial charge in [-0.3, -0.25) is 9.59 Å². The normalized spacial score (nSPS) is 11.7. The lowest BCUT2D eigenvalue weighted by Crippen LogP contribution is -2.46. The van der Waals surface area contributed by atoms with Crippen LogP contribution in [0.1, 0.15) is 30.0 Å². The van der Waals surface area contributed by atoms with Crippen LogP contribution in [-0.2, 0) is 22.6 Å². The van der Waals surface area contributed by atoms with Gasteiger partial charge in [-0.25, -0.2) is 0 Å². The van der Waals surface area contributed by atoms with Gasteiger partial charge >= 0.3 is 0 Å². The number of nitrogens with one attached hydrogen (secondary N) is 1. The molecule has 4 nitrogen and oxygen atoms in total. The molecule has 0 bridgehead atoms. The monoisotopic (exact) mass is 406 g/mol. The smallest absolute Gasteiger partial charge is 0.242 e. The average Bonchev–Trinajstić information content (AvgIpc) is 2.66. The van der Waals surface area contributed by atoms with Crippen LogP contribution in [0.4, 0.5) is 0 Å². The number of hydrogen-bond donors (Lipinski definition) is 1. The van der Waals surface area contributed by atoms with E-state index in [1.54, 1.807) is 32.2 Å². The maximum absolute atomic E-state index is 12.9. The molecule has 2 amide bonds. The van der Waals surface area contributed by atoms with Crippen LogP contribution in [-0.4, -0.2) is 29.8 Å². The molecule has 144 valence electrons. The highest BCUT2D eigenvalue weighted by Crippen LogP contribution is 2.27. The van der Waals surface area contributed by atoms with E-state index in [4.69, 9.17) is 23.2 Å². The molecule has 2 aromatic carbocycles. The number of benzene rings is 2. The Morgan fingerprint density at radius 2 is 1.67 bits per heavy atom. The van der Waals surface area contributed by atoms with E-state index in [1.807, 2.05) is 31.2 Å². The van der Waals surface area contributed by atoms with Gasteiger partial charge < -0.3 is 10.2 Å². The predicted molar refractivity (Wildman–Crippen MR) is 110 cm³/mol. The first-order valence-corrected chi connectivity index (χ1v) is 9.58. The molecule has 0 saturated carbocycles. The van der Waals surface area contributed by atoms with E-state index in [2.05, 4.69) is 5.32 Å². The second kappa shape index (κ2) is 9.77. The molecule has 0 fully saturated rings. The molecule has 0 spiro atoms. The molecule has 0 aliphatic carbocycles. The van der Waals surface area contributed by atoms with E-state index in [-0.39, 0.29) is 18.4 Å². The van der Waals surface area contributed by atoms with Gasteiger partial charge in [-0.05, 0) is 38.0 Å². The molecule has 2 aromatic rings. The van der Waals surface area contributed by atoms with Crippen LogP contribution in [0.5, 0.6) is 0 Å². The Morgan fingerprint density at radius 1 is 1.07 bits per heavy atom. The molecule has 0 heterocycles. The average molecular weight is 407 g/mol. The second-order valence-electron chi connectivity index (χ2n) is 6.50. The van der Waals surface area contributed by atoms with Gasteiger partial charge in [0.05, 0.1) is 0 Å². The summed E-state index contributed by atoms with van der Waals surface area (Å²) in [5, 5.41) is 3.55. The molecular weight excluding hydrogens is 383 g/mol. The number of halogens is 2. The van der Waals surface area contributed by atoms with Crippen molar-refractivity contribution < 1.29 is 9.59 Å². The van der Waals surface area contributed by atoms with Gasteiger partial charge in [-0.1, -0.05) is 59.1 Å². The number of carbonyl (C=O) groups is 2. The van der Waals surface area contributed by atoms with Crippen molar-refractivity contribution in [1.29, 1.82) is 0 Å². The van der Waals surface area contributed by atoms with E-state index in [0.29, 0.717) is 28.5 Å². The van der Waals surface area contributed by atoms with Crippen molar-refractivity contribution in [2.45, 2.75) is 39.3 Å². The molecule has 0 unspecified atom stereocenters. The van der Waals surface area contributed by atoms with Gasteiger partial charge in [-0.2, -0.15) is 0 Å². The van der Waals surface area contributed by atoms with Crippen molar-refractivity contribution >= 4 is 35.0 Å². The third-order valence-electron chi connectivity index (χ3n) is 4.55. The highest BCUT2D eigenvalue weighted by atomic mass is 35.5. The Hall–Kier alpha value is -2.04. The first-order chi connectivity index (χ1) is 12.8. The summed E-state index contributed by atoms with van der Waals surface area (Å²) < 4.78 is 0. The van der Waals surface area contributed by atoms with E-state index in [0.717, 1.165) is 5.56 Å².